The molecule has 0 saturated carbocycles. The second-order valence-electron chi connectivity index (χ2n) is 4.41. The van der Waals surface area contributed by atoms with Crippen molar-refractivity contribution < 1.29 is 9.53 Å². The van der Waals surface area contributed by atoms with E-state index in [1.807, 2.05) is 19.2 Å². The van der Waals surface area contributed by atoms with E-state index in [2.05, 4.69) is 37.2 Å². The molecule has 1 amide bonds. The number of carbonyl (C=O) groups is 1. The predicted molar refractivity (Wildman–Crippen MR) is 83.4 cm³/mol. The number of hydrogen-bond acceptors (Lipinski definition) is 3. The minimum Gasteiger partial charge on any atom is -0.479 e. The normalized spacial score (nSPS) is 12.1. The van der Waals surface area contributed by atoms with Gasteiger partial charge in [0.1, 0.15) is 5.75 Å². The lowest BCUT2D eigenvalue weighted by Crippen LogP contribution is -2.35. The Hall–Kier alpha value is -0.590. The van der Waals surface area contributed by atoms with Crippen LogP contribution in [0.1, 0.15) is 12.5 Å². The zero-order valence-electron chi connectivity index (χ0n) is 11.5. The first-order valence-corrected chi connectivity index (χ1v) is 7.45. The van der Waals surface area contributed by atoms with E-state index in [9.17, 15) is 4.79 Å². The van der Waals surface area contributed by atoms with Gasteiger partial charge in [0.25, 0.3) is 5.91 Å². The molecular formula is C13H18Br2N2O2. The number of halogens is 2. The van der Waals surface area contributed by atoms with Gasteiger partial charge in [0.15, 0.2) is 6.10 Å². The molecule has 0 saturated heterocycles. The Morgan fingerprint density at radius 3 is 2.32 bits per heavy atom. The van der Waals surface area contributed by atoms with Gasteiger partial charge >= 0.3 is 0 Å². The second kappa shape index (κ2) is 7.26. The maximum Gasteiger partial charge on any atom is 0.262 e. The topological polar surface area (TPSA) is 41.6 Å². The van der Waals surface area contributed by atoms with Gasteiger partial charge < -0.3 is 15.0 Å². The van der Waals surface area contributed by atoms with Crippen molar-refractivity contribution in [3.8, 4) is 5.75 Å². The van der Waals surface area contributed by atoms with Crippen LogP contribution in [-0.2, 0) is 11.3 Å². The lowest BCUT2D eigenvalue weighted by Gasteiger charge is -2.20. The Morgan fingerprint density at radius 2 is 1.89 bits per heavy atom. The summed E-state index contributed by atoms with van der Waals surface area (Å²) in [5.41, 5.74) is 1.13. The van der Waals surface area contributed by atoms with Gasteiger partial charge in [0, 0.05) is 20.6 Å². The van der Waals surface area contributed by atoms with Crippen molar-refractivity contribution in [3.63, 3.8) is 0 Å². The average Bonchev–Trinajstić information content (AvgIpc) is 2.32. The Bertz CT molecular complexity index is 441. The van der Waals surface area contributed by atoms with Crippen LogP contribution in [-0.4, -0.2) is 38.1 Å². The van der Waals surface area contributed by atoms with E-state index in [0.29, 0.717) is 5.75 Å². The molecule has 1 atom stereocenters. The highest BCUT2D eigenvalue weighted by atomic mass is 79.9. The van der Waals surface area contributed by atoms with Gasteiger partial charge in [-0.15, -0.1) is 0 Å². The fourth-order valence-electron chi connectivity index (χ4n) is 1.62. The first-order valence-electron chi connectivity index (χ1n) is 5.87. The van der Waals surface area contributed by atoms with Gasteiger partial charge in [-0.2, -0.15) is 0 Å². The molecule has 0 aliphatic heterocycles. The number of ether oxygens (including phenoxy) is 1. The fraction of sp³-hybridized carbons (Fsp3) is 0.462. The summed E-state index contributed by atoms with van der Waals surface area (Å²) < 4.78 is 7.38. The average molecular weight is 394 g/mol. The number of benzene rings is 1. The molecular weight excluding hydrogens is 376 g/mol. The first-order chi connectivity index (χ1) is 8.86. The van der Waals surface area contributed by atoms with Crippen molar-refractivity contribution in [2.45, 2.75) is 19.6 Å². The molecule has 0 heterocycles. The van der Waals surface area contributed by atoms with Crippen molar-refractivity contribution in [3.05, 3.63) is 26.6 Å². The molecule has 0 bridgehead atoms. The number of carbonyl (C=O) groups excluding carboxylic acids is 1. The van der Waals surface area contributed by atoms with Gasteiger partial charge in [0.05, 0.1) is 8.95 Å². The summed E-state index contributed by atoms with van der Waals surface area (Å²) in [6.45, 7) is 2.51. The summed E-state index contributed by atoms with van der Waals surface area (Å²) in [6.07, 6.45) is -0.530. The van der Waals surface area contributed by atoms with Crippen LogP contribution >= 0.6 is 31.9 Å². The standard InChI is InChI=1S/C13H18Br2N2O2/c1-8(13(18)17(3)4)19-12-10(14)5-9(7-16-2)6-11(12)15/h5-6,8,16H,7H2,1-4H3. The zero-order chi connectivity index (χ0) is 14.6. The third-order valence-corrected chi connectivity index (χ3v) is 3.70. The van der Waals surface area contributed by atoms with Crippen LogP contribution in [0.15, 0.2) is 21.1 Å². The largest absolute Gasteiger partial charge is 0.479 e. The minimum absolute atomic E-state index is 0.0712. The van der Waals surface area contributed by atoms with Crippen LogP contribution in [0.25, 0.3) is 0 Å². The predicted octanol–water partition coefficient (Wildman–Crippen LogP) is 2.79. The molecule has 4 nitrogen and oxygen atoms in total. The molecule has 1 aromatic carbocycles. The Kier molecular flexibility index (Phi) is 6.29. The number of amides is 1. The van der Waals surface area contributed by atoms with E-state index in [4.69, 9.17) is 4.74 Å². The van der Waals surface area contributed by atoms with Crippen LogP contribution in [0.4, 0.5) is 0 Å². The molecule has 0 spiro atoms. The molecule has 0 aromatic heterocycles. The van der Waals surface area contributed by atoms with Crippen molar-refractivity contribution in [1.82, 2.24) is 10.2 Å². The van der Waals surface area contributed by atoms with E-state index >= 15 is 0 Å². The smallest absolute Gasteiger partial charge is 0.262 e. The summed E-state index contributed by atoms with van der Waals surface area (Å²) >= 11 is 6.95. The lowest BCUT2D eigenvalue weighted by atomic mass is 10.2. The van der Waals surface area contributed by atoms with E-state index in [0.717, 1.165) is 21.1 Å². The van der Waals surface area contributed by atoms with Crippen molar-refractivity contribution in [2.75, 3.05) is 21.1 Å². The van der Waals surface area contributed by atoms with Gasteiger partial charge in [-0.25, -0.2) is 0 Å². The second-order valence-corrected chi connectivity index (χ2v) is 6.12. The van der Waals surface area contributed by atoms with Crippen molar-refractivity contribution >= 4 is 37.8 Å². The maximum atomic E-state index is 11.8. The Morgan fingerprint density at radius 1 is 1.37 bits per heavy atom. The van der Waals surface area contributed by atoms with E-state index in [1.54, 1.807) is 21.0 Å². The third kappa shape index (κ3) is 4.47. The van der Waals surface area contributed by atoms with Crippen molar-refractivity contribution in [2.24, 2.45) is 0 Å². The number of nitrogens with zero attached hydrogens (tertiary/aromatic N) is 1. The van der Waals surface area contributed by atoms with Crippen LogP contribution in [0.3, 0.4) is 0 Å². The molecule has 1 aromatic rings. The summed E-state index contributed by atoms with van der Waals surface area (Å²) in [5, 5.41) is 3.09. The maximum absolute atomic E-state index is 11.8. The van der Waals surface area contributed by atoms with Crippen LogP contribution in [0, 0.1) is 0 Å². The molecule has 0 aliphatic carbocycles. The highest BCUT2D eigenvalue weighted by Gasteiger charge is 2.19. The molecule has 0 fully saturated rings. The van der Waals surface area contributed by atoms with Gasteiger partial charge in [0.2, 0.25) is 0 Å². The Labute approximate surface area is 130 Å². The molecule has 0 aliphatic rings. The number of hydrogen-bond donors (Lipinski definition) is 1. The van der Waals surface area contributed by atoms with E-state index in [1.165, 1.54) is 4.90 Å². The van der Waals surface area contributed by atoms with Crippen LogP contribution in [0.5, 0.6) is 5.75 Å². The summed E-state index contributed by atoms with van der Waals surface area (Å²) in [4.78, 5) is 13.3. The summed E-state index contributed by atoms with van der Waals surface area (Å²) in [5.74, 6) is 0.570. The number of nitrogens with one attached hydrogen (secondary N) is 1. The quantitative estimate of drug-likeness (QED) is 0.836. The van der Waals surface area contributed by atoms with Crippen LogP contribution < -0.4 is 10.1 Å². The summed E-state index contributed by atoms with van der Waals surface area (Å²) in [6, 6.07) is 3.95. The third-order valence-electron chi connectivity index (χ3n) is 2.52. The minimum atomic E-state index is -0.530. The van der Waals surface area contributed by atoms with Gasteiger partial charge in [-0.3, -0.25) is 4.79 Å². The molecule has 1 N–H and O–H groups in total. The SMILES string of the molecule is CNCc1cc(Br)c(OC(C)C(=O)N(C)C)c(Br)c1. The number of rotatable bonds is 5. The van der Waals surface area contributed by atoms with Gasteiger partial charge in [-0.1, -0.05) is 0 Å². The Balaban J connectivity index is 2.93. The van der Waals surface area contributed by atoms with E-state index < -0.39 is 6.10 Å². The molecule has 19 heavy (non-hydrogen) atoms. The fourth-order valence-corrected chi connectivity index (χ4v) is 3.09. The highest BCUT2D eigenvalue weighted by Crippen LogP contribution is 2.35. The van der Waals surface area contributed by atoms with Gasteiger partial charge in [-0.05, 0) is 63.5 Å². The molecule has 106 valence electrons. The molecule has 6 heteroatoms. The molecule has 1 rings (SSSR count). The summed E-state index contributed by atoms with van der Waals surface area (Å²) in [7, 11) is 5.31. The number of likely N-dealkylation sites (N-methyl/N-ethyl adjacent to an activating group) is 1. The monoisotopic (exact) mass is 392 g/mol. The molecule has 1 unspecified atom stereocenters. The zero-order valence-corrected chi connectivity index (χ0v) is 14.6. The molecule has 0 radical (unpaired) electrons. The first kappa shape index (κ1) is 16.5. The van der Waals surface area contributed by atoms with Crippen LogP contribution in [0.2, 0.25) is 0 Å². The lowest BCUT2D eigenvalue weighted by molar-refractivity contribution is -0.135. The van der Waals surface area contributed by atoms with Crippen molar-refractivity contribution in [1.29, 1.82) is 0 Å². The van der Waals surface area contributed by atoms with E-state index in [-0.39, 0.29) is 5.91 Å². The highest BCUT2D eigenvalue weighted by molar-refractivity contribution is 9.11.